The fraction of sp³-hybridized carbons (Fsp3) is 0.190. The van der Waals surface area contributed by atoms with Crippen molar-refractivity contribution < 1.29 is 42.3 Å². The Balaban J connectivity index is 0.00000168. The maximum Gasteiger partial charge on any atom is 0.232 e. The molecule has 127 valence electrons. The van der Waals surface area contributed by atoms with Gasteiger partial charge in [-0.15, -0.1) is 5.92 Å². The largest absolute Gasteiger partial charge is 0.349 e. The Labute approximate surface area is 176 Å². The Bertz CT molecular complexity index is 1030. The molecule has 3 aromatic rings. The summed E-state index contributed by atoms with van der Waals surface area (Å²) in [6.45, 7) is 0. The monoisotopic (exact) mass is 417 g/mol. The van der Waals surface area contributed by atoms with Gasteiger partial charge in [-0.05, 0) is 17.3 Å². The average Bonchev–Trinajstić information content (AvgIpc) is 3.10. The minimum atomic E-state index is -0.437. The molecular formula is C21H16N2O2Y-2. The molecule has 0 spiro atoms. The molecule has 4 nitrogen and oxygen atoms in total. The first-order valence-electron chi connectivity index (χ1n) is 8.40. The number of benzene rings is 2. The van der Waals surface area contributed by atoms with Crippen molar-refractivity contribution >= 4 is 22.7 Å². The van der Waals surface area contributed by atoms with Gasteiger partial charge in [0.15, 0.2) is 0 Å². The molecule has 2 amide bonds. The summed E-state index contributed by atoms with van der Waals surface area (Å²) >= 11 is 0. The number of carbonyl (C=O) groups excluding carboxylic acids is 2. The SMILES string of the molecule is Cn1c2c(c3ccccc31)C1C(=O)NC(=O)C1[CH-]C2c1[c-]cccc1.[Y]. The van der Waals surface area contributed by atoms with Crippen LogP contribution in [0.4, 0.5) is 0 Å². The molecule has 2 aliphatic rings. The van der Waals surface area contributed by atoms with Gasteiger partial charge < -0.3 is 11.0 Å². The first-order valence-corrected chi connectivity index (χ1v) is 8.40. The molecule has 1 aliphatic heterocycles. The summed E-state index contributed by atoms with van der Waals surface area (Å²) in [5, 5.41) is 3.57. The van der Waals surface area contributed by atoms with E-state index in [2.05, 4.69) is 22.0 Å². The molecule has 1 aromatic heterocycles. The van der Waals surface area contributed by atoms with Gasteiger partial charge in [0.1, 0.15) is 0 Å². The molecule has 5 rings (SSSR count). The Hall–Kier alpha value is -1.78. The number of aryl methyl sites for hydroxylation is 1. The number of rotatable bonds is 1. The number of aromatic nitrogens is 1. The van der Waals surface area contributed by atoms with Gasteiger partial charge >= 0.3 is 0 Å². The van der Waals surface area contributed by atoms with E-state index >= 15 is 0 Å². The van der Waals surface area contributed by atoms with E-state index in [0.717, 1.165) is 27.7 Å². The fourth-order valence-electron chi connectivity index (χ4n) is 4.40. The zero-order chi connectivity index (χ0) is 17.1. The molecule has 2 aromatic carbocycles. The van der Waals surface area contributed by atoms with Crippen LogP contribution >= 0.6 is 0 Å². The Morgan fingerprint density at radius 2 is 1.85 bits per heavy atom. The molecule has 5 heteroatoms. The number of nitrogens with one attached hydrogen (secondary N) is 1. The predicted octanol–water partition coefficient (Wildman–Crippen LogP) is 2.68. The van der Waals surface area contributed by atoms with Gasteiger partial charge in [0.2, 0.25) is 11.8 Å². The number of amides is 2. The second kappa shape index (κ2) is 6.43. The first-order chi connectivity index (χ1) is 12.2. The molecule has 0 saturated carbocycles. The average molecular weight is 417 g/mol. The van der Waals surface area contributed by atoms with Crippen LogP contribution in [0.3, 0.4) is 0 Å². The molecule has 1 aliphatic carbocycles. The van der Waals surface area contributed by atoms with Crippen molar-refractivity contribution in [3.63, 3.8) is 0 Å². The van der Waals surface area contributed by atoms with Crippen LogP contribution < -0.4 is 5.32 Å². The third kappa shape index (κ3) is 2.35. The standard InChI is InChI=1S/C21H16N2O2.Y/c1-23-16-10-6-5-9-13(16)17-18-15(20(24)22-21(18)25)11-14(19(17)23)12-7-3-2-4-8-12;/h2-7,9-11,14-15,18H,1H3,(H,22,24,25);/q-2;. The van der Waals surface area contributed by atoms with E-state index in [1.165, 1.54) is 0 Å². The van der Waals surface area contributed by atoms with Crippen LogP contribution in [0.15, 0.2) is 48.5 Å². The van der Waals surface area contributed by atoms with Crippen molar-refractivity contribution in [3.05, 3.63) is 77.8 Å². The topological polar surface area (TPSA) is 51.1 Å². The van der Waals surface area contributed by atoms with Crippen molar-refractivity contribution in [2.75, 3.05) is 0 Å². The van der Waals surface area contributed by atoms with E-state index in [1.807, 2.05) is 55.9 Å². The Morgan fingerprint density at radius 1 is 1.08 bits per heavy atom. The van der Waals surface area contributed by atoms with E-state index in [9.17, 15) is 9.59 Å². The molecule has 1 saturated heterocycles. The molecule has 3 atom stereocenters. The van der Waals surface area contributed by atoms with Gasteiger partial charge in [-0.3, -0.25) is 14.9 Å². The zero-order valence-electron chi connectivity index (χ0n) is 14.3. The molecule has 1 N–H and O–H groups in total. The molecular weight excluding hydrogens is 401 g/mol. The molecule has 0 bridgehead atoms. The third-order valence-corrected chi connectivity index (χ3v) is 5.46. The third-order valence-electron chi connectivity index (χ3n) is 5.46. The maximum atomic E-state index is 12.5. The summed E-state index contributed by atoms with van der Waals surface area (Å²) in [5.74, 6) is -1.32. The maximum absolute atomic E-state index is 12.5. The smallest absolute Gasteiger partial charge is 0.232 e. The van der Waals surface area contributed by atoms with E-state index in [4.69, 9.17) is 0 Å². The molecule has 26 heavy (non-hydrogen) atoms. The number of nitrogens with zero attached hydrogens (tertiary/aromatic N) is 1. The molecule has 2 heterocycles. The fourth-order valence-corrected chi connectivity index (χ4v) is 4.40. The van der Waals surface area contributed by atoms with Gasteiger partial charge in [0.25, 0.3) is 0 Å². The summed E-state index contributed by atoms with van der Waals surface area (Å²) < 4.78 is 2.15. The van der Waals surface area contributed by atoms with Crippen molar-refractivity contribution in [1.29, 1.82) is 0 Å². The number of para-hydroxylation sites is 1. The number of hydrogen-bond donors (Lipinski definition) is 1. The van der Waals surface area contributed by atoms with Crippen molar-refractivity contribution in [3.8, 4) is 0 Å². The van der Waals surface area contributed by atoms with Gasteiger partial charge in [-0.2, -0.15) is 35.9 Å². The minimum absolute atomic E-state index is 0. The van der Waals surface area contributed by atoms with Crippen LogP contribution in [0.1, 0.15) is 28.7 Å². The summed E-state index contributed by atoms with van der Waals surface area (Å²) in [4.78, 5) is 24.9. The summed E-state index contributed by atoms with van der Waals surface area (Å²) in [6.07, 6.45) is 2.01. The zero-order valence-corrected chi connectivity index (χ0v) is 17.1. The van der Waals surface area contributed by atoms with Crippen molar-refractivity contribution in [2.24, 2.45) is 13.0 Å². The normalized spacial score (nSPS) is 24.0. The van der Waals surface area contributed by atoms with Crippen LogP contribution in [-0.4, -0.2) is 16.4 Å². The van der Waals surface area contributed by atoms with Gasteiger partial charge in [0.05, 0.1) is 0 Å². The van der Waals surface area contributed by atoms with Crippen LogP contribution in [-0.2, 0) is 49.3 Å². The van der Waals surface area contributed by atoms with Crippen LogP contribution in [0, 0.1) is 18.4 Å². The van der Waals surface area contributed by atoms with E-state index < -0.39 is 11.8 Å². The number of hydrogen-bond acceptors (Lipinski definition) is 2. The molecule has 1 fully saturated rings. The van der Waals surface area contributed by atoms with E-state index in [0.29, 0.717) is 0 Å². The summed E-state index contributed by atoms with van der Waals surface area (Å²) in [6, 6.07) is 19.2. The van der Waals surface area contributed by atoms with Crippen LogP contribution in [0.25, 0.3) is 10.9 Å². The molecule has 3 unspecified atom stereocenters. The number of fused-ring (bicyclic) bond motifs is 5. The van der Waals surface area contributed by atoms with Gasteiger partial charge in [0, 0.05) is 56.6 Å². The minimum Gasteiger partial charge on any atom is -0.349 e. The Morgan fingerprint density at radius 3 is 2.62 bits per heavy atom. The Kier molecular flexibility index (Phi) is 4.36. The second-order valence-electron chi connectivity index (χ2n) is 6.72. The number of carbonyl (C=O) groups is 2. The predicted molar refractivity (Wildman–Crippen MR) is 93.7 cm³/mol. The van der Waals surface area contributed by atoms with E-state index in [-0.39, 0.29) is 50.4 Å². The molecule has 1 radical (unpaired) electrons. The van der Waals surface area contributed by atoms with Gasteiger partial charge in [-0.25, -0.2) is 0 Å². The summed E-state index contributed by atoms with van der Waals surface area (Å²) in [7, 11) is 2.03. The van der Waals surface area contributed by atoms with Crippen LogP contribution in [0.2, 0.25) is 0 Å². The second-order valence-corrected chi connectivity index (χ2v) is 6.72. The van der Waals surface area contributed by atoms with Crippen LogP contribution in [0.5, 0.6) is 0 Å². The summed E-state index contributed by atoms with van der Waals surface area (Å²) in [5.41, 5.74) is 4.15. The first kappa shape index (κ1) is 17.6. The van der Waals surface area contributed by atoms with Gasteiger partial charge in [-0.1, -0.05) is 24.1 Å². The quantitative estimate of drug-likeness (QED) is 0.489. The van der Waals surface area contributed by atoms with Crippen molar-refractivity contribution in [2.45, 2.75) is 11.8 Å². The van der Waals surface area contributed by atoms with E-state index in [1.54, 1.807) is 0 Å². The number of imide groups is 1. The van der Waals surface area contributed by atoms with Crippen molar-refractivity contribution in [1.82, 2.24) is 9.88 Å².